The second kappa shape index (κ2) is 7.32. The maximum atomic E-state index is 13.0. The minimum Gasteiger partial charge on any atom is -0.298 e. The van der Waals surface area contributed by atoms with Crippen molar-refractivity contribution in [2.45, 2.75) is 45.4 Å². The van der Waals surface area contributed by atoms with E-state index in [1.165, 1.54) is 12.1 Å². The molecule has 0 radical (unpaired) electrons. The molecule has 136 valence electrons. The number of carbonyl (C=O) groups excluding carboxylic acids is 2. The van der Waals surface area contributed by atoms with Crippen molar-refractivity contribution < 1.29 is 14.0 Å². The fraction of sp³-hybridized carbons (Fsp3) is 0.364. The molecule has 2 nitrogen and oxygen atoms in total. The monoisotopic (exact) mass is 372 g/mol. The first kappa shape index (κ1) is 18.8. The largest absolute Gasteiger partial charge is 0.298 e. The number of rotatable bonds is 7. The van der Waals surface area contributed by atoms with Crippen molar-refractivity contribution in [2.75, 3.05) is 0 Å². The Bertz CT molecular complexity index is 836. The van der Waals surface area contributed by atoms with Crippen molar-refractivity contribution in [3.63, 3.8) is 0 Å². The smallest absolute Gasteiger partial charge is 0.150 e. The summed E-state index contributed by atoms with van der Waals surface area (Å²) in [6, 6.07) is 11.6. The molecule has 3 rings (SSSR count). The first-order chi connectivity index (χ1) is 12.3. The number of carbonyl (C=O) groups is 2. The first-order valence-corrected chi connectivity index (χ1v) is 9.29. The van der Waals surface area contributed by atoms with E-state index in [0.717, 1.165) is 16.7 Å². The van der Waals surface area contributed by atoms with Crippen LogP contribution in [0.3, 0.4) is 0 Å². The molecule has 0 aliphatic heterocycles. The highest BCUT2D eigenvalue weighted by atomic mass is 35.5. The fourth-order valence-electron chi connectivity index (χ4n) is 3.30. The van der Waals surface area contributed by atoms with E-state index < -0.39 is 5.41 Å². The second-order valence-corrected chi connectivity index (χ2v) is 7.83. The minimum atomic E-state index is -0.864. The van der Waals surface area contributed by atoms with Crippen LogP contribution in [0.5, 0.6) is 0 Å². The Hall–Kier alpha value is -2.00. The number of Topliss-reactive ketones (excluding diaryl/α,β-unsaturated/α-hetero) is 2. The first-order valence-electron chi connectivity index (χ1n) is 8.91. The molecule has 1 fully saturated rings. The maximum Gasteiger partial charge on any atom is 0.150 e. The van der Waals surface area contributed by atoms with E-state index in [-0.39, 0.29) is 30.2 Å². The summed E-state index contributed by atoms with van der Waals surface area (Å²) < 4.78 is 13.0. The van der Waals surface area contributed by atoms with E-state index in [4.69, 9.17) is 11.6 Å². The minimum absolute atomic E-state index is 0.0435. The van der Waals surface area contributed by atoms with E-state index in [1.807, 2.05) is 18.2 Å². The Morgan fingerprint density at radius 1 is 1.00 bits per heavy atom. The normalized spacial score (nSPS) is 15.1. The van der Waals surface area contributed by atoms with Gasteiger partial charge in [-0.1, -0.05) is 49.7 Å². The summed E-state index contributed by atoms with van der Waals surface area (Å²) in [4.78, 5) is 25.5. The van der Waals surface area contributed by atoms with Gasteiger partial charge < -0.3 is 0 Å². The van der Waals surface area contributed by atoms with Crippen LogP contribution in [0.25, 0.3) is 0 Å². The molecule has 0 N–H and O–H groups in total. The number of ketones is 2. The average molecular weight is 373 g/mol. The predicted molar refractivity (Wildman–Crippen MR) is 101 cm³/mol. The highest BCUT2D eigenvalue weighted by molar-refractivity contribution is 6.31. The van der Waals surface area contributed by atoms with Crippen LogP contribution in [0.4, 0.5) is 4.39 Å². The lowest BCUT2D eigenvalue weighted by Gasteiger charge is -2.14. The van der Waals surface area contributed by atoms with Gasteiger partial charge in [-0.05, 0) is 53.6 Å². The summed E-state index contributed by atoms with van der Waals surface area (Å²) >= 11 is 6.31. The summed E-state index contributed by atoms with van der Waals surface area (Å²) in [5.74, 6) is -0.128. The molecule has 1 aliphatic carbocycles. The van der Waals surface area contributed by atoms with Gasteiger partial charge in [0.15, 0.2) is 11.6 Å². The van der Waals surface area contributed by atoms with Crippen molar-refractivity contribution in [3.05, 3.63) is 70.0 Å². The Morgan fingerprint density at radius 2 is 1.54 bits per heavy atom. The van der Waals surface area contributed by atoms with Crippen LogP contribution in [0.15, 0.2) is 42.5 Å². The third-order valence-electron chi connectivity index (χ3n) is 5.15. The van der Waals surface area contributed by atoms with Gasteiger partial charge in [0.05, 0.1) is 5.41 Å². The number of halogens is 2. The molecule has 26 heavy (non-hydrogen) atoms. The zero-order valence-electron chi connectivity index (χ0n) is 15.0. The van der Waals surface area contributed by atoms with Gasteiger partial charge in [0.25, 0.3) is 0 Å². The molecule has 0 saturated heterocycles. The SMILES string of the molecule is CC(C)c1ccc(CC(=O)C2(C(=O)Cc3ccc(F)cc3)CC2)cc1Cl. The van der Waals surface area contributed by atoms with Gasteiger partial charge >= 0.3 is 0 Å². The fourth-order valence-corrected chi connectivity index (χ4v) is 3.72. The van der Waals surface area contributed by atoms with E-state index in [0.29, 0.717) is 23.8 Å². The maximum absolute atomic E-state index is 13.0. The molecular formula is C22H22ClFO2. The third kappa shape index (κ3) is 3.88. The molecule has 0 bridgehead atoms. The van der Waals surface area contributed by atoms with E-state index in [1.54, 1.807) is 12.1 Å². The van der Waals surface area contributed by atoms with Crippen molar-refractivity contribution >= 4 is 23.2 Å². The second-order valence-electron chi connectivity index (χ2n) is 7.42. The third-order valence-corrected chi connectivity index (χ3v) is 5.47. The van der Waals surface area contributed by atoms with Gasteiger partial charge in [-0.25, -0.2) is 4.39 Å². The molecule has 0 atom stereocenters. The van der Waals surface area contributed by atoms with Gasteiger partial charge in [-0.3, -0.25) is 9.59 Å². The zero-order valence-corrected chi connectivity index (χ0v) is 15.8. The topological polar surface area (TPSA) is 34.1 Å². The number of hydrogen-bond acceptors (Lipinski definition) is 2. The molecule has 0 aromatic heterocycles. The number of benzene rings is 2. The van der Waals surface area contributed by atoms with E-state index >= 15 is 0 Å². The molecule has 4 heteroatoms. The van der Waals surface area contributed by atoms with Crippen molar-refractivity contribution in [1.82, 2.24) is 0 Å². The molecule has 1 saturated carbocycles. The highest BCUT2D eigenvalue weighted by Crippen LogP contribution is 2.48. The lowest BCUT2D eigenvalue weighted by molar-refractivity contribution is -0.133. The highest BCUT2D eigenvalue weighted by Gasteiger charge is 2.54. The van der Waals surface area contributed by atoms with Crippen LogP contribution < -0.4 is 0 Å². The van der Waals surface area contributed by atoms with Gasteiger partial charge in [0, 0.05) is 17.9 Å². The van der Waals surface area contributed by atoms with Crippen LogP contribution in [-0.2, 0) is 22.4 Å². The Kier molecular flexibility index (Phi) is 5.29. The summed E-state index contributed by atoms with van der Waals surface area (Å²) in [6.45, 7) is 4.14. The standard InChI is InChI=1S/C22H22ClFO2/c1-14(2)18-8-5-16(11-19(18)23)13-21(26)22(9-10-22)20(25)12-15-3-6-17(24)7-4-15/h3-8,11,14H,9-10,12-13H2,1-2H3. The average Bonchev–Trinajstić information content (AvgIpc) is 3.38. The summed E-state index contributed by atoms with van der Waals surface area (Å²) in [6.07, 6.45) is 1.58. The zero-order chi connectivity index (χ0) is 18.9. The van der Waals surface area contributed by atoms with E-state index in [2.05, 4.69) is 13.8 Å². The van der Waals surface area contributed by atoms with Gasteiger partial charge in [-0.15, -0.1) is 0 Å². The van der Waals surface area contributed by atoms with Gasteiger partial charge in [-0.2, -0.15) is 0 Å². The lowest BCUT2D eigenvalue weighted by atomic mass is 9.87. The van der Waals surface area contributed by atoms with Crippen LogP contribution in [0, 0.1) is 11.2 Å². The molecular weight excluding hydrogens is 351 g/mol. The van der Waals surface area contributed by atoms with Gasteiger partial charge in [0.2, 0.25) is 0 Å². The van der Waals surface area contributed by atoms with Crippen molar-refractivity contribution in [1.29, 1.82) is 0 Å². The Balaban J connectivity index is 1.69. The van der Waals surface area contributed by atoms with Crippen LogP contribution in [-0.4, -0.2) is 11.6 Å². The predicted octanol–water partition coefficient (Wildman–Crippen LogP) is 5.31. The molecule has 0 spiro atoms. The molecule has 2 aromatic carbocycles. The van der Waals surface area contributed by atoms with E-state index in [9.17, 15) is 14.0 Å². The quantitative estimate of drug-likeness (QED) is 0.617. The van der Waals surface area contributed by atoms with Gasteiger partial charge in [0.1, 0.15) is 5.82 Å². The Morgan fingerprint density at radius 3 is 2.04 bits per heavy atom. The number of hydrogen-bond donors (Lipinski definition) is 0. The lowest BCUT2D eigenvalue weighted by Crippen LogP contribution is -2.28. The molecule has 0 unspecified atom stereocenters. The molecule has 2 aromatic rings. The summed E-state index contributed by atoms with van der Waals surface area (Å²) in [5, 5.41) is 0.660. The van der Waals surface area contributed by atoms with Crippen molar-refractivity contribution in [2.24, 2.45) is 5.41 Å². The van der Waals surface area contributed by atoms with Crippen LogP contribution >= 0.6 is 11.6 Å². The van der Waals surface area contributed by atoms with Crippen molar-refractivity contribution in [3.8, 4) is 0 Å². The van der Waals surface area contributed by atoms with Crippen LogP contribution in [0.1, 0.15) is 49.3 Å². The molecule has 0 heterocycles. The molecule has 0 amide bonds. The summed E-state index contributed by atoms with van der Waals surface area (Å²) in [5.41, 5.74) is 1.76. The van der Waals surface area contributed by atoms with Crippen LogP contribution in [0.2, 0.25) is 5.02 Å². The Labute approximate surface area is 158 Å². The molecule has 1 aliphatic rings. The summed E-state index contributed by atoms with van der Waals surface area (Å²) in [7, 11) is 0.